The quantitative estimate of drug-likeness (QED) is 0.419. The molecule has 0 bridgehead atoms. The Labute approximate surface area is 239 Å². The van der Waals surface area contributed by atoms with Crippen molar-refractivity contribution in [3.8, 4) is 5.69 Å². The smallest absolute Gasteiger partial charge is 0.436 e. The number of ether oxygens (including phenoxy) is 1. The highest BCUT2D eigenvalue weighted by molar-refractivity contribution is 6.35. The number of carbonyl (C=O) groups excluding carboxylic acids is 2. The maximum absolute atomic E-state index is 13.6. The Morgan fingerprint density at radius 1 is 1.12 bits per heavy atom. The molecule has 2 aliphatic heterocycles. The minimum absolute atomic E-state index is 0.0257. The number of hydrogen-bond acceptors (Lipinski definition) is 8. The van der Waals surface area contributed by atoms with Crippen LogP contribution < -0.4 is 5.43 Å². The first-order valence-electron chi connectivity index (χ1n) is 12.5. The second-order valence-corrected chi connectivity index (χ2v) is 10.3. The molecule has 2 aliphatic rings. The Hall–Kier alpha value is -3.48. The van der Waals surface area contributed by atoms with Gasteiger partial charge in [-0.25, -0.2) is 18.9 Å². The normalized spacial score (nSPS) is 17.5. The Bertz CT molecular complexity index is 1450. The number of hydroxylamine groups is 2. The molecule has 40 heavy (non-hydrogen) atoms. The van der Waals surface area contributed by atoms with Gasteiger partial charge in [0.25, 0.3) is 5.91 Å². The van der Waals surface area contributed by atoms with Gasteiger partial charge in [-0.3, -0.25) is 10.2 Å². The third-order valence-corrected chi connectivity index (χ3v) is 7.16. The second kappa shape index (κ2) is 11.9. The zero-order valence-electron chi connectivity index (χ0n) is 21.4. The lowest BCUT2D eigenvalue weighted by Crippen LogP contribution is -2.48. The van der Waals surface area contributed by atoms with Gasteiger partial charge in [0.1, 0.15) is 5.82 Å². The molecule has 0 aliphatic carbocycles. The van der Waals surface area contributed by atoms with E-state index < -0.39 is 18.2 Å². The highest BCUT2D eigenvalue weighted by Crippen LogP contribution is 2.36. The predicted molar refractivity (Wildman–Crippen MR) is 146 cm³/mol. The molecule has 0 unspecified atom stereocenters. The molecule has 0 radical (unpaired) electrons. The number of methoxy groups -OCH3 is 1. The number of aromatic nitrogens is 2. The number of piperidine rings is 1. The van der Waals surface area contributed by atoms with Crippen LogP contribution in [0.3, 0.4) is 0 Å². The molecule has 3 heterocycles. The Morgan fingerprint density at radius 2 is 1.85 bits per heavy atom. The molecule has 1 saturated heterocycles. The summed E-state index contributed by atoms with van der Waals surface area (Å²) in [4.78, 5) is 30.9. The lowest BCUT2D eigenvalue weighted by atomic mass is 9.98. The molecule has 2 aromatic carbocycles. The van der Waals surface area contributed by atoms with Crippen molar-refractivity contribution in [2.24, 2.45) is 0 Å². The predicted octanol–water partition coefficient (Wildman–Crippen LogP) is 4.47. The number of nitrogens with zero attached hydrogens (tertiary/aromatic N) is 4. The number of fused-ring (bicyclic) bond motifs is 1. The van der Waals surface area contributed by atoms with Crippen LogP contribution in [0.5, 0.6) is 0 Å². The average molecular weight is 590 g/mol. The molecule has 2 N–H and O–H groups in total. The number of halogens is 3. The number of aliphatic hydroxyl groups is 1. The van der Waals surface area contributed by atoms with Crippen LogP contribution in [0.25, 0.3) is 17.3 Å². The average Bonchev–Trinajstić information content (AvgIpc) is 3.31. The molecule has 1 aromatic heterocycles. The van der Waals surface area contributed by atoms with Crippen LogP contribution in [-0.4, -0.2) is 69.9 Å². The number of nitrogens with one attached hydrogen (secondary N) is 1. The van der Waals surface area contributed by atoms with E-state index in [1.807, 2.05) is 0 Å². The van der Waals surface area contributed by atoms with Gasteiger partial charge in [0.15, 0.2) is 5.69 Å². The van der Waals surface area contributed by atoms with Gasteiger partial charge in [0, 0.05) is 23.7 Å². The summed E-state index contributed by atoms with van der Waals surface area (Å²) in [5, 5.41) is 18.3. The third-order valence-electron chi connectivity index (χ3n) is 6.63. The van der Waals surface area contributed by atoms with Gasteiger partial charge in [0.2, 0.25) is 0 Å². The lowest BCUT2D eigenvalue weighted by molar-refractivity contribution is -0.123. The van der Waals surface area contributed by atoms with E-state index in [0.29, 0.717) is 64.1 Å². The summed E-state index contributed by atoms with van der Waals surface area (Å²) in [6.45, 7) is 1.09. The zero-order valence-corrected chi connectivity index (χ0v) is 23.0. The molecule has 10 nitrogen and oxygen atoms in total. The zero-order chi connectivity index (χ0) is 28.4. The number of aliphatic hydroxyl groups excluding tert-OH is 1. The van der Waals surface area contributed by atoms with Crippen LogP contribution >= 0.6 is 23.2 Å². The van der Waals surface area contributed by atoms with Gasteiger partial charge in [-0.2, -0.15) is 5.10 Å². The topological polar surface area (TPSA) is 109 Å². The van der Waals surface area contributed by atoms with Crippen molar-refractivity contribution in [1.29, 1.82) is 0 Å². The molecule has 0 spiro atoms. The van der Waals surface area contributed by atoms with Crippen molar-refractivity contribution >= 4 is 46.9 Å². The SMILES string of the molecule is COC(=O)ON1C/C(=C\c2ccc(F)cc2)c2c(c(C(=O)NN3CCC(O)CC3)nn2-c2ccc(Cl)cc2Cl)C1. The molecule has 210 valence electrons. The van der Waals surface area contributed by atoms with Crippen LogP contribution in [-0.2, 0) is 16.1 Å². The fourth-order valence-electron chi connectivity index (χ4n) is 4.69. The maximum atomic E-state index is 13.6. The van der Waals surface area contributed by atoms with E-state index in [4.69, 9.17) is 28.0 Å². The van der Waals surface area contributed by atoms with Crippen molar-refractivity contribution in [2.45, 2.75) is 25.5 Å². The van der Waals surface area contributed by atoms with Crippen LogP contribution in [0.1, 0.15) is 40.2 Å². The summed E-state index contributed by atoms with van der Waals surface area (Å²) >= 11 is 12.7. The minimum atomic E-state index is -0.921. The van der Waals surface area contributed by atoms with Crippen LogP contribution in [0.2, 0.25) is 10.0 Å². The molecule has 3 aromatic rings. The standard InChI is InChI=1S/C27H26Cl2FN5O5/c1-39-27(38)40-34-14-17(12-16-2-5-19(30)6-3-16)25-21(15-34)24(26(37)32-33-10-8-20(36)9-11-33)31-35(25)23-7-4-18(28)13-22(23)29/h2-7,12-13,20,36H,8-11,14-15H2,1H3,(H,32,37)/b17-12+. The number of rotatable bonds is 5. The van der Waals surface area contributed by atoms with E-state index in [2.05, 4.69) is 15.3 Å². The Morgan fingerprint density at radius 3 is 2.52 bits per heavy atom. The third kappa shape index (κ3) is 6.13. The summed E-state index contributed by atoms with van der Waals surface area (Å²) in [6.07, 6.45) is 1.52. The number of hydrazine groups is 1. The second-order valence-electron chi connectivity index (χ2n) is 9.41. The lowest BCUT2D eigenvalue weighted by Gasteiger charge is -2.30. The van der Waals surface area contributed by atoms with Crippen molar-refractivity contribution < 1.29 is 28.7 Å². The van der Waals surface area contributed by atoms with Gasteiger partial charge in [0.05, 0.1) is 42.7 Å². The molecule has 1 amide bonds. The number of amides is 1. The Kier molecular flexibility index (Phi) is 8.38. The fourth-order valence-corrected chi connectivity index (χ4v) is 5.18. The highest BCUT2D eigenvalue weighted by Gasteiger charge is 2.34. The molecule has 0 atom stereocenters. The van der Waals surface area contributed by atoms with Crippen LogP contribution in [0.15, 0.2) is 42.5 Å². The van der Waals surface area contributed by atoms with Gasteiger partial charge in [-0.05, 0) is 60.4 Å². The molecule has 5 rings (SSSR count). The maximum Gasteiger partial charge on any atom is 0.527 e. The van der Waals surface area contributed by atoms with E-state index >= 15 is 0 Å². The summed E-state index contributed by atoms with van der Waals surface area (Å²) in [5.74, 6) is -0.859. The number of benzene rings is 2. The van der Waals surface area contributed by atoms with E-state index in [9.17, 15) is 19.1 Å². The first-order chi connectivity index (χ1) is 19.2. The first-order valence-corrected chi connectivity index (χ1v) is 13.3. The summed E-state index contributed by atoms with van der Waals surface area (Å²) in [6, 6.07) is 10.8. The van der Waals surface area contributed by atoms with Gasteiger partial charge in [-0.1, -0.05) is 35.3 Å². The monoisotopic (exact) mass is 589 g/mol. The molecular weight excluding hydrogens is 564 g/mol. The molecule has 0 saturated carbocycles. The van der Waals surface area contributed by atoms with Gasteiger partial charge < -0.3 is 14.7 Å². The summed E-state index contributed by atoms with van der Waals surface area (Å²) < 4.78 is 19.9. The van der Waals surface area contributed by atoms with E-state index in [1.54, 1.807) is 46.1 Å². The molecule has 1 fully saturated rings. The van der Waals surface area contributed by atoms with Gasteiger partial charge >= 0.3 is 6.16 Å². The van der Waals surface area contributed by atoms with Crippen LogP contribution in [0, 0.1) is 5.82 Å². The Balaban J connectivity index is 1.64. The van der Waals surface area contributed by atoms with Crippen molar-refractivity contribution in [2.75, 3.05) is 26.7 Å². The van der Waals surface area contributed by atoms with Crippen LogP contribution in [0.4, 0.5) is 9.18 Å². The van der Waals surface area contributed by atoms with Gasteiger partial charge in [-0.15, -0.1) is 5.06 Å². The molecule has 13 heteroatoms. The number of hydrogen-bond donors (Lipinski definition) is 2. The van der Waals surface area contributed by atoms with Crippen molar-refractivity contribution in [3.63, 3.8) is 0 Å². The van der Waals surface area contributed by atoms with Crippen molar-refractivity contribution in [1.82, 2.24) is 25.3 Å². The van der Waals surface area contributed by atoms with E-state index in [1.165, 1.54) is 24.3 Å². The summed E-state index contributed by atoms with van der Waals surface area (Å²) in [5.41, 5.74) is 5.79. The van der Waals surface area contributed by atoms with E-state index in [0.717, 1.165) is 0 Å². The largest absolute Gasteiger partial charge is 0.527 e. The van der Waals surface area contributed by atoms with Crippen molar-refractivity contribution in [3.05, 3.63) is 80.8 Å². The first kappa shape index (κ1) is 28.1. The van der Waals surface area contributed by atoms with E-state index in [-0.39, 0.29) is 24.6 Å². The number of carbonyl (C=O) groups is 2. The molecular formula is C27H26Cl2FN5O5. The minimum Gasteiger partial charge on any atom is -0.436 e. The summed E-state index contributed by atoms with van der Waals surface area (Å²) in [7, 11) is 1.20. The fraction of sp³-hybridized carbons (Fsp3) is 0.296. The highest BCUT2D eigenvalue weighted by atomic mass is 35.5.